The van der Waals surface area contributed by atoms with Crippen molar-refractivity contribution in [2.75, 3.05) is 11.1 Å². The fraction of sp³-hybridized carbons (Fsp3) is 0.267. The summed E-state index contributed by atoms with van der Waals surface area (Å²) < 4.78 is 0. The van der Waals surface area contributed by atoms with E-state index in [9.17, 15) is 5.26 Å². The summed E-state index contributed by atoms with van der Waals surface area (Å²) in [6.45, 7) is 3.99. The van der Waals surface area contributed by atoms with Gasteiger partial charge in [0.15, 0.2) is 5.82 Å². The Kier molecular flexibility index (Phi) is 4.61. The van der Waals surface area contributed by atoms with Crippen LogP contribution in [0.25, 0.3) is 0 Å². The predicted molar refractivity (Wildman–Crippen MR) is 84.7 cm³/mol. The van der Waals surface area contributed by atoms with Crippen LogP contribution in [0.15, 0.2) is 18.2 Å². The van der Waals surface area contributed by atoms with Crippen molar-refractivity contribution in [3.8, 4) is 6.07 Å². The third-order valence-electron chi connectivity index (χ3n) is 3.20. The van der Waals surface area contributed by atoms with Gasteiger partial charge in [-0.15, -0.1) is 5.10 Å². The number of nitriles is 1. The van der Waals surface area contributed by atoms with Crippen molar-refractivity contribution >= 4 is 28.8 Å². The van der Waals surface area contributed by atoms with E-state index in [1.54, 1.807) is 18.2 Å². The van der Waals surface area contributed by atoms with Crippen LogP contribution >= 0.6 is 11.6 Å². The standard InChI is InChI=1S/C15H16ClN5/c1-3-10-11(8-17)15(21-20-13(10)4-2)19-14-7-9(18)5-6-12(14)16/h5-7H,3-4,18H2,1-2H3,(H,19,21). The molecule has 0 saturated heterocycles. The van der Waals surface area contributed by atoms with Crippen molar-refractivity contribution in [3.63, 3.8) is 0 Å². The molecule has 2 aromatic rings. The van der Waals surface area contributed by atoms with Crippen LogP contribution in [0.4, 0.5) is 17.2 Å². The van der Waals surface area contributed by atoms with E-state index in [-0.39, 0.29) is 0 Å². The molecular weight excluding hydrogens is 286 g/mol. The molecule has 21 heavy (non-hydrogen) atoms. The van der Waals surface area contributed by atoms with Gasteiger partial charge in [0.1, 0.15) is 11.6 Å². The summed E-state index contributed by atoms with van der Waals surface area (Å²) in [7, 11) is 0. The van der Waals surface area contributed by atoms with Crippen LogP contribution in [0, 0.1) is 11.3 Å². The third-order valence-corrected chi connectivity index (χ3v) is 3.53. The van der Waals surface area contributed by atoms with Crippen LogP contribution in [-0.2, 0) is 12.8 Å². The van der Waals surface area contributed by atoms with Crippen molar-refractivity contribution in [1.82, 2.24) is 10.2 Å². The lowest BCUT2D eigenvalue weighted by atomic mass is 10.0. The summed E-state index contributed by atoms with van der Waals surface area (Å²) in [5, 5.41) is 21.3. The van der Waals surface area contributed by atoms with Crippen LogP contribution in [-0.4, -0.2) is 10.2 Å². The number of hydrogen-bond donors (Lipinski definition) is 2. The quantitative estimate of drug-likeness (QED) is 0.844. The first kappa shape index (κ1) is 15.1. The summed E-state index contributed by atoms with van der Waals surface area (Å²) in [5.74, 6) is 0.402. The first-order chi connectivity index (χ1) is 10.1. The van der Waals surface area contributed by atoms with Gasteiger partial charge in [0.2, 0.25) is 0 Å². The molecule has 0 saturated carbocycles. The van der Waals surface area contributed by atoms with Crippen LogP contribution < -0.4 is 11.1 Å². The maximum absolute atomic E-state index is 9.44. The molecule has 1 heterocycles. The van der Waals surface area contributed by atoms with Crippen molar-refractivity contribution in [2.24, 2.45) is 0 Å². The molecule has 0 aliphatic heterocycles. The van der Waals surface area contributed by atoms with Crippen LogP contribution in [0.3, 0.4) is 0 Å². The lowest BCUT2D eigenvalue weighted by molar-refractivity contribution is 0.877. The normalized spacial score (nSPS) is 10.2. The van der Waals surface area contributed by atoms with E-state index >= 15 is 0 Å². The Morgan fingerprint density at radius 1 is 1.29 bits per heavy atom. The number of nitrogens with two attached hydrogens (primary N) is 1. The zero-order valence-electron chi connectivity index (χ0n) is 11.9. The zero-order valence-corrected chi connectivity index (χ0v) is 12.7. The molecule has 0 amide bonds. The second-order valence-electron chi connectivity index (χ2n) is 4.53. The minimum Gasteiger partial charge on any atom is -0.399 e. The monoisotopic (exact) mass is 301 g/mol. The average Bonchev–Trinajstić information content (AvgIpc) is 2.50. The number of anilines is 3. The Morgan fingerprint density at radius 2 is 2.05 bits per heavy atom. The number of nitrogen functional groups attached to an aromatic ring is 1. The molecule has 1 aromatic carbocycles. The zero-order chi connectivity index (χ0) is 15.4. The maximum Gasteiger partial charge on any atom is 0.171 e. The van der Waals surface area contributed by atoms with Gasteiger partial charge in [-0.1, -0.05) is 25.4 Å². The highest BCUT2D eigenvalue weighted by Crippen LogP contribution is 2.29. The van der Waals surface area contributed by atoms with Gasteiger partial charge in [-0.05, 0) is 36.6 Å². The molecule has 6 heteroatoms. The highest BCUT2D eigenvalue weighted by atomic mass is 35.5. The summed E-state index contributed by atoms with van der Waals surface area (Å²) in [6.07, 6.45) is 1.46. The van der Waals surface area contributed by atoms with E-state index in [0.29, 0.717) is 27.8 Å². The highest BCUT2D eigenvalue weighted by Gasteiger charge is 2.15. The van der Waals surface area contributed by atoms with Gasteiger partial charge >= 0.3 is 0 Å². The van der Waals surface area contributed by atoms with E-state index in [4.69, 9.17) is 17.3 Å². The van der Waals surface area contributed by atoms with Crippen molar-refractivity contribution in [3.05, 3.63) is 40.0 Å². The van der Waals surface area contributed by atoms with E-state index in [0.717, 1.165) is 24.1 Å². The molecule has 3 N–H and O–H groups in total. The molecule has 0 spiro atoms. The van der Waals surface area contributed by atoms with Gasteiger partial charge < -0.3 is 11.1 Å². The van der Waals surface area contributed by atoms with Gasteiger partial charge in [-0.3, -0.25) is 0 Å². The lowest BCUT2D eigenvalue weighted by Crippen LogP contribution is -2.07. The number of nitrogens with one attached hydrogen (secondary N) is 1. The highest BCUT2D eigenvalue weighted by molar-refractivity contribution is 6.33. The van der Waals surface area contributed by atoms with Crippen LogP contribution in [0.2, 0.25) is 5.02 Å². The Balaban J connectivity index is 2.50. The first-order valence-electron chi connectivity index (χ1n) is 6.71. The van der Waals surface area contributed by atoms with Crippen molar-refractivity contribution in [1.29, 1.82) is 5.26 Å². The van der Waals surface area contributed by atoms with E-state index in [1.165, 1.54) is 0 Å². The molecule has 0 aliphatic carbocycles. The molecular formula is C15H16ClN5. The Bertz CT molecular complexity index is 706. The van der Waals surface area contributed by atoms with Gasteiger partial charge in [-0.25, -0.2) is 0 Å². The summed E-state index contributed by atoms with van der Waals surface area (Å²) in [4.78, 5) is 0. The molecule has 0 unspecified atom stereocenters. The van der Waals surface area contributed by atoms with Gasteiger partial charge in [0.05, 0.1) is 16.4 Å². The van der Waals surface area contributed by atoms with Crippen molar-refractivity contribution in [2.45, 2.75) is 26.7 Å². The molecule has 0 radical (unpaired) electrons. The minimum absolute atomic E-state index is 0.402. The Hall–Kier alpha value is -2.32. The second-order valence-corrected chi connectivity index (χ2v) is 4.94. The molecule has 0 atom stereocenters. The summed E-state index contributed by atoms with van der Waals surface area (Å²) in [6, 6.07) is 7.31. The lowest BCUT2D eigenvalue weighted by Gasteiger charge is -2.13. The van der Waals surface area contributed by atoms with Crippen molar-refractivity contribution < 1.29 is 0 Å². The third kappa shape index (κ3) is 3.06. The van der Waals surface area contributed by atoms with Crippen LogP contribution in [0.5, 0.6) is 0 Å². The van der Waals surface area contributed by atoms with Crippen LogP contribution in [0.1, 0.15) is 30.7 Å². The van der Waals surface area contributed by atoms with Gasteiger partial charge in [-0.2, -0.15) is 10.4 Å². The Morgan fingerprint density at radius 3 is 2.67 bits per heavy atom. The smallest absolute Gasteiger partial charge is 0.171 e. The average molecular weight is 302 g/mol. The first-order valence-corrected chi connectivity index (χ1v) is 7.09. The molecule has 1 aromatic heterocycles. The van der Waals surface area contributed by atoms with Gasteiger partial charge in [0.25, 0.3) is 0 Å². The fourth-order valence-corrected chi connectivity index (χ4v) is 2.31. The number of hydrogen-bond acceptors (Lipinski definition) is 5. The molecule has 5 nitrogen and oxygen atoms in total. The number of rotatable bonds is 4. The SMILES string of the molecule is CCc1nnc(Nc2cc(N)ccc2Cl)c(C#N)c1CC. The predicted octanol–water partition coefficient (Wildman–Crippen LogP) is 3.45. The molecule has 0 fully saturated rings. The maximum atomic E-state index is 9.44. The Labute approximate surface area is 128 Å². The largest absolute Gasteiger partial charge is 0.399 e. The number of halogens is 1. The second kappa shape index (κ2) is 6.42. The summed E-state index contributed by atoms with van der Waals surface area (Å²) in [5.41, 5.74) is 9.20. The topological polar surface area (TPSA) is 87.6 Å². The minimum atomic E-state index is 0.402. The van der Waals surface area contributed by atoms with E-state index < -0.39 is 0 Å². The number of aryl methyl sites for hydroxylation is 1. The summed E-state index contributed by atoms with van der Waals surface area (Å²) >= 11 is 6.12. The molecule has 0 aliphatic rings. The molecule has 108 valence electrons. The number of nitrogens with zero attached hydrogens (tertiary/aromatic N) is 3. The fourth-order valence-electron chi connectivity index (χ4n) is 2.15. The van der Waals surface area contributed by atoms with Gasteiger partial charge in [0, 0.05) is 5.69 Å². The number of aromatic nitrogens is 2. The molecule has 2 rings (SSSR count). The number of benzene rings is 1. The molecule has 0 bridgehead atoms. The van der Waals surface area contributed by atoms with E-state index in [1.807, 2.05) is 13.8 Å². The van der Waals surface area contributed by atoms with E-state index in [2.05, 4.69) is 21.6 Å².